The lowest BCUT2D eigenvalue weighted by molar-refractivity contribution is -0.123. The maximum absolute atomic E-state index is 12.4. The van der Waals surface area contributed by atoms with Crippen molar-refractivity contribution in [2.45, 2.75) is 20.0 Å². The van der Waals surface area contributed by atoms with Crippen LogP contribution < -0.4 is 10.6 Å². The van der Waals surface area contributed by atoms with E-state index < -0.39 is 24.5 Å². The maximum atomic E-state index is 12.4. The van der Waals surface area contributed by atoms with Crippen molar-refractivity contribution in [3.8, 4) is 0 Å². The zero-order valence-electron chi connectivity index (χ0n) is 13.7. The van der Waals surface area contributed by atoms with Crippen LogP contribution >= 0.6 is 0 Å². The van der Waals surface area contributed by atoms with Gasteiger partial charge in [0.2, 0.25) is 0 Å². The molecule has 0 aliphatic rings. The molecule has 0 fully saturated rings. The lowest BCUT2D eigenvalue weighted by Gasteiger charge is -2.13. The summed E-state index contributed by atoms with van der Waals surface area (Å²) in [5.41, 5.74) is 2.32. The molecule has 7 heteroatoms. The van der Waals surface area contributed by atoms with Crippen LogP contribution in [0.15, 0.2) is 42.5 Å². The Morgan fingerprint density at radius 3 is 2.16 bits per heavy atom. The molecule has 0 heterocycles. The molecular weight excluding hydrogens is 333 g/mol. The van der Waals surface area contributed by atoms with Crippen molar-refractivity contribution in [2.75, 3.05) is 11.9 Å². The molecule has 2 rings (SSSR count). The molecule has 0 aliphatic heterocycles. The fourth-order valence-electron chi connectivity index (χ4n) is 2.37. The summed E-state index contributed by atoms with van der Waals surface area (Å²) in [6.45, 7) is 2.26. The van der Waals surface area contributed by atoms with Crippen molar-refractivity contribution in [3.63, 3.8) is 0 Å². The van der Waals surface area contributed by atoms with Crippen LogP contribution in [0, 0.1) is 13.8 Å². The minimum Gasteiger partial charge on any atom is -0.343 e. The van der Waals surface area contributed by atoms with Gasteiger partial charge in [0.25, 0.3) is 11.8 Å². The lowest BCUT2D eigenvalue weighted by atomic mass is 10.1. The average Bonchev–Trinajstić information content (AvgIpc) is 2.51. The Morgan fingerprint density at radius 2 is 1.56 bits per heavy atom. The number of amides is 2. The van der Waals surface area contributed by atoms with Gasteiger partial charge in [-0.2, -0.15) is 13.2 Å². The summed E-state index contributed by atoms with van der Waals surface area (Å²) in [6.07, 6.45) is -4.51. The van der Waals surface area contributed by atoms with Crippen molar-refractivity contribution in [3.05, 3.63) is 64.7 Å². The van der Waals surface area contributed by atoms with E-state index in [4.69, 9.17) is 0 Å². The normalized spacial score (nSPS) is 11.1. The van der Waals surface area contributed by atoms with Crippen molar-refractivity contribution < 1.29 is 22.8 Å². The first-order valence-corrected chi connectivity index (χ1v) is 7.49. The smallest absolute Gasteiger partial charge is 0.343 e. The van der Waals surface area contributed by atoms with Crippen molar-refractivity contribution in [1.29, 1.82) is 0 Å². The monoisotopic (exact) mass is 350 g/mol. The molecule has 2 N–H and O–H groups in total. The number of para-hydroxylation sites is 1. The third kappa shape index (κ3) is 5.34. The highest BCUT2D eigenvalue weighted by Gasteiger charge is 2.28. The Kier molecular flexibility index (Phi) is 5.46. The van der Waals surface area contributed by atoms with Gasteiger partial charge in [0.15, 0.2) is 0 Å². The predicted octanol–water partition coefficient (Wildman–Crippen LogP) is 3.85. The van der Waals surface area contributed by atoms with Crippen molar-refractivity contribution >= 4 is 17.5 Å². The van der Waals surface area contributed by atoms with Gasteiger partial charge in [-0.3, -0.25) is 9.59 Å². The van der Waals surface area contributed by atoms with E-state index in [9.17, 15) is 22.8 Å². The van der Waals surface area contributed by atoms with Crippen LogP contribution in [0.25, 0.3) is 0 Å². The molecule has 2 aromatic rings. The fourth-order valence-corrected chi connectivity index (χ4v) is 2.37. The number of carbonyl (C=O) groups is 2. The van der Waals surface area contributed by atoms with E-state index >= 15 is 0 Å². The van der Waals surface area contributed by atoms with Gasteiger partial charge in [0.1, 0.15) is 6.54 Å². The molecule has 2 aromatic carbocycles. The SMILES string of the molecule is Cc1cc(C)cc(C(=O)Nc2ccccc2C(=O)NCC(F)(F)F)c1. The highest BCUT2D eigenvalue weighted by atomic mass is 19.4. The molecule has 132 valence electrons. The fraction of sp³-hybridized carbons (Fsp3) is 0.222. The summed E-state index contributed by atoms with van der Waals surface area (Å²) >= 11 is 0. The molecule has 2 amide bonds. The molecule has 0 aromatic heterocycles. The number of hydrogen-bond donors (Lipinski definition) is 2. The van der Waals surface area contributed by atoms with Crippen LogP contribution in [0.5, 0.6) is 0 Å². The summed E-state index contributed by atoms with van der Waals surface area (Å²) < 4.78 is 36.8. The van der Waals surface area contributed by atoms with Crippen LogP contribution in [0.1, 0.15) is 31.8 Å². The van der Waals surface area contributed by atoms with E-state index in [0.29, 0.717) is 5.56 Å². The minimum atomic E-state index is -4.51. The first-order chi connectivity index (χ1) is 11.7. The van der Waals surface area contributed by atoms with Gasteiger partial charge in [-0.25, -0.2) is 0 Å². The van der Waals surface area contributed by atoms with E-state index in [1.165, 1.54) is 18.2 Å². The molecule has 0 unspecified atom stereocenters. The first-order valence-electron chi connectivity index (χ1n) is 7.49. The van der Waals surface area contributed by atoms with E-state index in [1.54, 1.807) is 23.5 Å². The zero-order valence-corrected chi connectivity index (χ0v) is 13.7. The molecule has 0 atom stereocenters. The van der Waals surface area contributed by atoms with Crippen molar-refractivity contribution in [1.82, 2.24) is 5.32 Å². The van der Waals surface area contributed by atoms with E-state index in [1.807, 2.05) is 19.9 Å². The Hall–Kier alpha value is -2.83. The number of anilines is 1. The molecule has 0 saturated heterocycles. The molecule has 0 saturated carbocycles. The summed E-state index contributed by atoms with van der Waals surface area (Å²) in [7, 11) is 0. The highest BCUT2D eigenvalue weighted by molar-refractivity contribution is 6.09. The van der Waals surface area contributed by atoms with E-state index in [-0.39, 0.29) is 11.3 Å². The maximum Gasteiger partial charge on any atom is 0.405 e. The summed E-state index contributed by atoms with van der Waals surface area (Å²) in [4.78, 5) is 24.4. The number of rotatable bonds is 4. The van der Waals surface area contributed by atoms with Crippen LogP contribution in [0.4, 0.5) is 18.9 Å². The molecule has 0 radical (unpaired) electrons. The first kappa shape index (κ1) is 18.5. The highest BCUT2D eigenvalue weighted by Crippen LogP contribution is 2.18. The standard InChI is InChI=1S/C18H17F3N2O2/c1-11-7-12(2)9-13(8-11)16(24)23-15-6-4-3-5-14(15)17(25)22-10-18(19,20)21/h3-9H,10H2,1-2H3,(H,22,25)(H,23,24). The zero-order chi connectivity index (χ0) is 18.6. The second-order valence-corrected chi connectivity index (χ2v) is 5.67. The summed E-state index contributed by atoms with van der Waals surface area (Å²) in [6, 6.07) is 11.2. The second kappa shape index (κ2) is 7.38. The number of halogens is 3. The molecule has 4 nitrogen and oxygen atoms in total. The third-order valence-corrected chi connectivity index (χ3v) is 3.35. The Bertz CT molecular complexity index is 781. The van der Waals surface area contributed by atoms with Gasteiger partial charge in [-0.05, 0) is 38.1 Å². The lowest BCUT2D eigenvalue weighted by Crippen LogP contribution is -2.34. The van der Waals surface area contributed by atoms with Crippen molar-refractivity contribution in [2.24, 2.45) is 0 Å². The predicted molar refractivity (Wildman–Crippen MR) is 88.7 cm³/mol. The van der Waals surface area contributed by atoms with Crippen LogP contribution in [0.3, 0.4) is 0 Å². The summed E-state index contributed by atoms with van der Waals surface area (Å²) in [5, 5.41) is 4.37. The third-order valence-electron chi connectivity index (χ3n) is 3.35. The number of carbonyl (C=O) groups excluding carboxylic acids is 2. The molecule has 0 bridgehead atoms. The largest absolute Gasteiger partial charge is 0.405 e. The van der Waals surface area contributed by atoms with Crippen LogP contribution in [0.2, 0.25) is 0 Å². The van der Waals surface area contributed by atoms with Gasteiger partial charge in [0, 0.05) is 5.56 Å². The Morgan fingerprint density at radius 1 is 0.960 bits per heavy atom. The topological polar surface area (TPSA) is 58.2 Å². The minimum absolute atomic E-state index is 0.0375. The molecule has 0 aliphatic carbocycles. The Labute approximate surface area is 143 Å². The number of benzene rings is 2. The molecule has 25 heavy (non-hydrogen) atoms. The number of nitrogens with one attached hydrogen (secondary N) is 2. The molecule has 0 spiro atoms. The van der Waals surface area contributed by atoms with Gasteiger partial charge >= 0.3 is 6.18 Å². The molecular formula is C18H17F3N2O2. The van der Waals surface area contributed by atoms with Crippen LogP contribution in [-0.4, -0.2) is 24.5 Å². The summed E-state index contributed by atoms with van der Waals surface area (Å²) in [5.74, 6) is -1.35. The Balaban J connectivity index is 2.20. The number of aryl methyl sites for hydroxylation is 2. The quantitative estimate of drug-likeness (QED) is 0.880. The van der Waals surface area contributed by atoms with Crippen LogP contribution in [-0.2, 0) is 0 Å². The second-order valence-electron chi connectivity index (χ2n) is 5.67. The van der Waals surface area contributed by atoms with Gasteiger partial charge in [-0.15, -0.1) is 0 Å². The van der Waals surface area contributed by atoms with Gasteiger partial charge < -0.3 is 10.6 Å². The van der Waals surface area contributed by atoms with Gasteiger partial charge in [0.05, 0.1) is 11.3 Å². The van der Waals surface area contributed by atoms with Gasteiger partial charge in [-0.1, -0.05) is 29.3 Å². The number of hydrogen-bond acceptors (Lipinski definition) is 2. The average molecular weight is 350 g/mol. The van der Waals surface area contributed by atoms with E-state index in [2.05, 4.69) is 5.32 Å². The van der Waals surface area contributed by atoms with E-state index in [0.717, 1.165) is 11.1 Å². The number of alkyl halides is 3.